The van der Waals surface area contributed by atoms with Crippen molar-refractivity contribution in [1.29, 1.82) is 0 Å². The Labute approximate surface area is 61.0 Å². The Kier molecular flexibility index (Phi) is 2.83. The molecule has 1 fully saturated rings. The lowest BCUT2D eigenvalue weighted by Crippen LogP contribution is -2.42. The Hall–Kier alpha value is -0.410. The zero-order valence-corrected chi connectivity index (χ0v) is 5.95. The third-order valence-corrected chi connectivity index (χ3v) is 1.67. The van der Waals surface area contributed by atoms with Crippen LogP contribution in [0.25, 0.3) is 0 Å². The van der Waals surface area contributed by atoms with Gasteiger partial charge >= 0.3 is 0 Å². The van der Waals surface area contributed by atoms with Crippen molar-refractivity contribution in [3.8, 4) is 0 Å². The Balaban J connectivity index is 2.30. The normalized spacial score (nSPS) is 24.1. The van der Waals surface area contributed by atoms with E-state index in [0.717, 1.165) is 32.6 Å². The van der Waals surface area contributed by atoms with E-state index in [1.165, 1.54) is 0 Å². The first-order valence-corrected chi connectivity index (χ1v) is 3.45. The third-order valence-electron chi connectivity index (χ3n) is 1.67. The second-order valence-corrected chi connectivity index (χ2v) is 2.35. The van der Waals surface area contributed by atoms with Gasteiger partial charge in [-0.3, -0.25) is 4.90 Å². The van der Waals surface area contributed by atoms with Crippen molar-refractivity contribution in [2.75, 3.05) is 26.3 Å². The molecular weight excluding hydrogens is 130 g/mol. The van der Waals surface area contributed by atoms with Crippen molar-refractivity contribution in [3.63, 3.8) is 0 Å². The molecular formula is C7H12NO2. The number of carbonyl (C=O) groups is 1. The smallest absolute Gasteiger partial charge is 0.137 e. The molecule has 0 bridgehead atoms. The van der Waals surface area contributed by atoms with Crippen LogP contribution in [0.15, 0.2) is 0 Å². The molecule has 0 aromatic carbocycles. The fraction of sp³-hybridized carbons (Fsp3) is 0.714. The second kappa shape index (κ2) is 3.68. The molecule has 0 spiro atoms. The molecule has 3 heteroatoms. The topological polar surface area (TPSA) is 29.5 Å². The van der Waals surface area contributed by atoms with E-state index in [0.29, 0.717) is 0 Å². The zero-order chi connectivity index (χ0) is 7.40. The molecule has 0 saturated carbocycles. The molecule has 0 aliphatic carbocycles. The number of ether oxygens (including phenoxy) is 1. The van der Waals surface area contributed by atoms with Crippen LogP contribution >= 0.6 is 0 Å². The van der Waals surface area contributed by atoms with Crippen LogP contribution < -0.4 is 0 Å². The summed E-state index contributed by atoms with van der Waals surface area (Å²) >= 11 is 0. The predicted molar refractivity (Wildman–Crippen MR) is 37.6 cm³/mol. The summed E-state index contributed by atoms with van der Waals surface area (Å²) in [6.07, 6.45) is 0.866. The quantitative estimate of drug-likeness (QED) is 0.497. The summed E-state index contributed by atoms with van der Waals surface area (Å²) in [6, 6.07) is -0.191. The number of aldehydes is 1. The van der Waals surface area contributed by atoms with Crippen LogP contribution in [-0.2, 0) is 9.53 Å². The fourth-order valence-corrected chi connectivity index (χ4v) is 0.995. The molecule has 0 amide bonds. The molecule has 57 valence electrons. The van der Waals surface area contributed by atoms with Gasteiger partial charge in [0.05, 0.1) is 19.3 Å². The van der Waals surface area contributed by atoms with Crippen LogP contribution in [0.3, 0.4) is 0 Å². The SMILES string of the molecule is [CH2]C(C=O)N1CCOCC1. The first-order chi connectivity index (χ1) is 4.84. The van der Waals surface area contributed by atoms with Crippen LogP contribution in [0.5, 0.6) is 0 Å². The van der Waals surface area contributed by atoms with Gasteiger partial charge in [0.2, 0.25) is 0 Å². The first kappa shape index (κ1) is 7.69. The average molecular weight is 142 g/mol. The lowest BCUT2D eigenvalue weighted by molar-refractivity contribution is -0.112. The summed E-state index contributed by atoms with van der Waals surface area (Å²) in [6.45, 7) is 6.78. The van der Waals surface area contributed by atoms with Gasteiger partial charge in [-0.2, -0.15) is 0 Å². The number of rotatable bonds is 2. The van der Waals surface area contributed by atoms with E-state index in [-0.39, 0.29) is 6.04 Å². The van der Waals surface area contributed by atoms with Crippen molar-refractivity contribution < 1.29 is 9.53 Å². The molecule has 1 radical (unpaired) electrons. The molecule has 0 aromatic heterocycles. The molecule has 3 nitrogen and oxygen atoms in total. The average Bonchev–Trinajstić information content (AvgIpc) is 2.05. The summed E-state index contributed by atoms with van der Waals surface area (Å²) < 4.78 is 5.11. The molecule has 0 N–H and O–H groups in total. The molecule has 0 aromatic rings. The van der Waals surface area contributed by atoms with Crippen LogP contribution in [0.2, 0.25) is 0 Å². The van der Waals surface area contributed by atoms with Gasteiger partial charge in [0.1, 0.15) is 6.29 Å². The lowest BCUT2D eigenvalue weighted by atomic mass is 10.3. The third kappa shape index (κ3) is 1.78. The van der Waals surface area contributed by atoms with Crippen LogP contribution in [0, 0.1) is 6.92 Å². The van der Waals surface area contributed by atoms with E-state index in [4.69, 9.17) is 4.74 Å². The highest BCUT2D eigenvalue weighted by molar-refractivity contribution is 5.58. The summed E-state index contributed by atoms with van der Waals surface area (Å²) in [5, 5.41) is 0. The summed E-state index contributed by atoms with van der Waals surface area (Å²) in [5.41, 5.74) is 0. The minimum absolute atomic E-state index is 0.191. The van der Waals surface area contributed by atoms with Crippen LogP contribution in [0.4, 0.5) is 0 Å². The van der Waals surface area contributed by atoms with E-state index in [2.05, 4.69) is 6.92 Å². The maximum absolute atomic E-state index is 10.3. The van der Waals surface area contributed by atoms with Gasteiger partial charge in [-0.05, 0) is 6.92 Å². The maximum Gasteiger partial charge on any atom is 0.137 e. The summed E-state index contributed by atoms with van der Waals surface area (Å²) in [7, 11) is 0. The van der Waals surface area contributed by atoms with Gasteiger partial charge in [0.25, 0.3) is 0 Å². The predicted octanol–water partition coefficient (Wildman–Crippen LogP) is -0.280. The molecule has 1 unspecified atom stereocenters. The Morgan fingerprint density at radius 2 is 2.10 bits per heavy atom. The van der Waals surface area contributed by atoms with Gasteiger partial charge < -0.3 is 9.53 Å². The molecule has 1 atom stereocenters. The van der Waals surface area contributed by atoms with Crippen LogP contribution in [-0.4, -0.2) is 43.5 Å². The number of hydrogen-bond donors (Lipinski definition) is 0. The minimum Gasteiger partial charge on any atom is -0.379 e. The van der Waals surface area contributed by atoms with E-state index in [1.54, 1.807) is 0 Å². The number of hydrogen-bond acceptors (Lipinski definition) is 3. The van der Waals surface area contributed by atoms with Gasteiger partial charge in [-0.1, -0.05) is 0 Å². The highest BCUT2D eigenvalue weighted by Crippen LogP contribution is 1.99. The van der Waals surface area contributed by atoms with Gasteiger partial charge in [-0.25, -0.2) is 0 Å². The van der Waals surface area contributed by atoms with Crippen molar-refractivity contribution in [2.45, 2.75) is 6.04 Å². The largest absolute Gasteiger partial charge is 0.379 e. The standard InChI is InChI=1S/C7H12NO2/c1-7(6-9)8-2-4-10-5-3-8/h6-7H,1-5H2. The first-order valence-electron chi connectivity index (χ1n) is 3.45. The van der Waals surface area contributed by atoms with Crippen molar-refractivity contribution in [3.05, 3.63) is 6.92 Å². The lowest BCUT2D eigenvalue weighted by Gasteiger charge is -2.28. The number of carbonyl (C=O) groups excluding carboxylic acids is 1. The highest BCUT2D eigenvalue weighted by Gasteiger charge is 2.15. The Bertz CT molecular complexity index is 110. The van der Waals surface area contributed by atoms with E-state index in [9.17, 15) is 4.79 Å². The van der Waals surface area contributed by atoms with Crippen LogP contribution in [0.1, 0.15) is 0 Å². The molecule has 1 aliphatic rings. The van der Waals surface area contributed by atoms with Crippen molar-refractivity contribution >= 4 is 6.29 Å². The van der Waals surface area contributed by atoms with Crippen molar-refractivity contribution in [1.82, 2.24) is 4.90 Å². The fourth-order valence-electron chi connectivity index (χ4n) is 0.995. The van der Waals surface area contributed by atoms with E-state index < -0.39 is 0 Å². The molecule has 1 saturated heterocycles. The summed E-state index contributed by atoms with van der Waals surface area (Å²) in [4.78, 5) is 12.3. The Morgan fingerprint density at radius 3 is 2.60 bits per heavy atom. The highest BCUT2D eigenvalue weighted by atomic mass is 16.5. The van der Waals surface area contributed by atoms with E-state index in [1.807, 2.05) is 4.90 Å². The van der Waals surface area contributed by atoms with E-state index >= 15 is 0 Å². The number of nitrogens with zero attached hydrogens (tertiary/aromatic N) is 1. The van der Waals surface area contributed by atoms with Gasteiger partial charge in [-0.15, -0.1) is 0 Å². The van der Waals surface area contributed by atoms with Gasteiger partial charge in [0, 0.05) is 13.1 Å². The molecule has 10 heavy (non-hydrogen) atoms. The second-order valence-electron chi connectivity index (χ2n) is 2.35. The maximum atomic E-state index is 10.3. The molecule has 1 aliphatic heterocycles. The van der Waals surface area contributed by atoms with Gasteiger partial charge in [0.15, 0.2) is 0 Å². The van der Waals surface area contributed by atoms with Crippen molar-refractivity contribution in [2.24, 2.45) is 0 Å². The number of morpholine rings is 1. The molecule has 1 heterocycles. The summed E-state index contributed by atoms with van der Waals surface area (Å²) in [5.74, 6) is 0. The minimum atomic E-state index is -0.191. The Morgan fingerprint density at radius 1 is 1.50 bits per heavy atom. The monoisotopic (exact) mass is 142 g/mol. The molecule has 1 rings (SSSR count). The zero-order valence-electron chi connectivity index (χ0n) is 5.95.